The molecule has 0 radical (unpaired) electrons. The number of ether oxygens (including phenoxy) is 1. The van der Waals surface area contributed by atoms with Crippen LogP contribution >= 0.6 is 0 Å². The lowest BCUT2D eigenvalue weighted by atomic mass is 10.1. The predicted molar refractivity (Wildman–Crippen MR) is 77.2 cm³/mol. The summed E-state index contributed by atoms with van der Waals surface area (Å²) in [6.07, 6.45) is 2.28. The first-order chi connectivity index (χ1) is 9.24. The van der Waals surface area contributed by atoms with Gasteiger partial charge in [-0.25, -0.2) is 0 Å². The van der Waals surface area contributed by atoms with Crippen molar-refractivity contribution in [3.8, 4) is 0 Å². The Morgan fingerprint density at radius 3 is 2.89 bits per heavy atom. The first kappa shape index (κ1) is 14.4. The lowest BCUT2D eigenvalue weighted by molar-refractivity contribution is 0.0774. The molecule has 19 heavy (non-hydrogen) atoms. The van der Waals surface area contributed by atoms with Gasteiger partial charge in [-0.1, -0.05) is 6.07 Å². The number of nitrogens with one attached hydrogen (secondary N) is 1. The minimum Gasteiger partial charge on any atom is -0.381 e. The second-order valence-corrected chi connectivity index (χ2v) is 5.35. The van der Waals surface area contributed by atoms with Crippen molar-refractivity contribution in [2.45, 2.75) is 32.4 Å². The van der Waals surface area contributed by atoms with Crippen molar-refractivity contribution < 1.29 is 4.74 Å². The van der Waals surface area contributed by atoms with Gasteiger partial charge >= 0.3 is 0 Å². The summed E-state index contributed by atoms with van der Waals surface area (Å²) in [7, 11) is 2.15. The summed E-state index contributed by atoms with van der Waals surface area (Å²) < 4.78 is 5.36. The third-order valence-corrected chi connectivity index (χ3v) is 3.53. The van der Waals surface area contributed by atoms with Gasteiger partial charge in [0.25, 0.3) is 0 Å². The molecule has 1 aromatic heterocycles. The predicted octanol–water partition coefficient (Wildman–Crippen LogP) is 1.59. The molecule has 2 rings (SSSR count). The fourth-order valence-electron chi connectivity index (χ4n) is 2.40. The first-order valence-electron chi connectivity index (χ1n) is 7.16. The minimum absolute atomic E-state index is 0.638. The average Bonchev–Trinajstić information content (AvgIpc) is 2.40. The Morgan fingerprint density at radius 1 is 1.37 bits per heavy atom. The van der Waals surface area contributed by atoms with Gasteiger partial charge in [-0.15, -0.1) is 0 Å². The number of likely N-dealkylation sites (N-methyl/N-ethyl adjacent to an activating group) is 1. The van der Waals surface area contributed by atoms with Crippen molar-refractivity contribution in [2.75, 3.05) is 33.4 Å². The molecule has 0 unspecified atom stereocenters. The summed E-state index contributed by atoms with van der Waals surface area (Å²) in [6, 6.07) is 6.84. The first-order valence-corrected chi connectivity index (χ1v) is 7.16. The number of rotatable bonds is 6. The number of aryl methyl sites for hydroxylation is 1. The molecule has 4 nitrogen and oxygen atoms in total. The minimum atomic E-state index is 0.638. The zero-order valence-electron chi connectivity index (χ0n) is 12.1. The van der Waals surface area contributed by atoms with E-state index in [0.29, 0.717) is 6.04 Å². The summed E-state index contributed by atoms with van der Waals surface area (Å²) in [5, 5.41) is 3.61. The van der Waals surface area contributed by atoms with Crippen LogP contribution in [0.15, 0.2) is 18.2 Å². The Kier molecular flexibility index (Phi) is 5.76. The molecule has 4 heteroatoms. The van der Waals surface area contributed by atoms with Gasteiger partial charge < -0.3 is 10.1 Å². The van der Waals surface area contributed by atoms with Gasteiger partial charge in [-0.2, -0.15) is 0 Å². The number of aromatic nitrogens is 1. The molecular formula is C15H25N3O. The fourth-order valence-corrected chi connectivity index (χ4v) is 2.40. The second-order valence-electron chi connectivity index (χ2n) is 5.35. The number of hydrogen-bond acceptors (Lipinski definition) is 4. The van der Waals surface area contributed by atoms with Gasteiger partial charge in [0, 0.05) is 44.6 Å². The van der Waals surface area contributed by atoms with E-state index < -0.39 is 0 Å². The van der Waals surface area contributed by atoms with E-state index in [-0.39, 0.29) is 0 Å². The van der Waals surface area contributed by atoms with Crippen LogP contribution in [0, 0.1) is 6.92 Å². The van der Waals surface area contributed by atoms with E-state index in [1.165, 1.54) is 0 Å². The fraction of sp³-hybridized carbons (Fsp3) is 0.667. The molecule has 0 aromatic carbocycles. The lowest BCUT2D eigenvalue weighted by Gasteiger charge is -2.24. The number of pyridine rings is 1. The molecule has 1 saturated heterocycles. The van der Waals surface area contributed by atoms with Gasteiger partial charge in [0.2, 0.25) is 0 Å². The van der Waals surface area contributed by atoms with E-state index in [2.05, 4.69) is 34.4 Å². The van der Waals surface area contributed by atoms with Crippen LogP contribution in [0.5, 0.6) is 0 Å². The van der Waals surface area contributed by atoms with E-state index >= 15 is 0 Å². The largest absolute Gasteiger partial charge is 0.381 e. The third-order valence-electron chi connectivity index (χ3n) is 3.53. The zero-order valence-corrected chi connectivity index (χ0v) is 12.1. The van der Waals surface area contributed by atoms with E-state index in [0.717, 1.165) is 57.1 Å². The molecule has 0 amide bonds. The molecule has 1 aliphatic heterocycles. The van der Waals surface area contributed by atoms with Crippen LogP contribution in [0.2, 0.25) is 0 Å². The van der Waals surface area contributed by atoms with Crippen LogP contribution in [-0.2, 0) is 11.3 Å². The highest BCUT2D eigenvalue weighted by molar-refractivity contribution is 5.09. The van der Waals surface area contributed by atoms with Crippen LogP contribution in [0.3, 0.4) is 0 Å². The monoisotopic (exact) mass is 263 g/mol. The maximum atomic E-state index is 5.36. The summed E-state index contributed by atoms with van der Waals surface area (Å²) in [4.78, 5) is 6.85. The van der Waals surface area contributed by atoms with E-state index in [4.69, 9.17) is 4.74 Å². The van der Waals surface area contributed by atoms with Crippen molar-refractivity contribution in [1.82, 2.24) is 15.2 Å². The van der Waals surface area contributed by atoms with E-state index in [9.17, 15) is 0 Å². The van der Waals surface area contributed by atoms with Gasteiger partial charge in [-0.3, -0.25) is 9.88 Å². The molecule has 1 aromatic rings. The topological polar surface area (TPSA) is 37.4 Å². The van der Waals surface area contributed by atoms with E-state index in [1.54, 1.807) is 0 Å². The normalized spacial score (nSPS) is 17.0. The standard InChI is InChI=1S/C15H25N3O/c1-13-4-3-5-15(17-13)12-18(2)9-8-16-14-6-10-19-11-7-14/h3-5,14,16H,6-12H2,1-2H3. The highest BCUT2D eigenvalue weighted by Crippen LogP contribution is 2.06. The van der Waals surface area contributed by atoms with Crippen molar-refractivity contribution in [3.05, 3.63) is 29.6 Å². The molecule has 2 heterocycles. The zero-order chi connectivity index (χ0) is 13.5. The maximum absolute atomic E-state index is 5.36. The van der Waals surface area contributed by atoms with Crippen molar-refractivity contribution in [2.24, 2.45) is 0 Å². The van der Waals surface area contributed by atoms with Gasteiger partial charge in [0.1, 0.15) is 0 Å². The highest BCUT2D eigenvalue weighted by Gasteiger charge is 2.12. The molecular weight excluding hydrogens is 238 g/mol. The molecule has 0 aliphatic carbocycles. The Bertz CT molecular complexity index is 377. The molecule has 1 N–H and O–H groups in total. The molecule has 1 aliphatic rings. The van der Waals surface area contributed by atoms with Crippen LogP contribution in [-0.4, -0.2) is 49.3 Å². The third kappa shape index (κ3) is 5.27. The average molecular weight is 263 g/mol. The smallest absolute Gasteiger partial charge is 0.0547 e. The summed E-state index contributed by atoms with van der Waals surface area (Å²) in [5.74, 6) is 0. The molecule has 106 valence electrons. The molecule has 0 saturated carbocycles. The Balaban J connectivity index is 1.65. The summed E-state index contributed by atoms with van der Waals surface area (Å²) in [6.45, 7) is 6.84. The summed E-state index contributed by atoms with van der Waals surface area (Å²) in [5.41, 5.74) is 2.24. The highest BCUT2D eigenvalue weighted by atomic mass is 16.5. The van der Waals surface area contributed by atoms with Gasteiger partial charge in [-0.05, 0) is 38.9 Å². The number of nitrogens with zero attached hydrogens (tertiary/aromatic N) is 2. The van der Waals surface area contributed by atoms with Crippen molar-refractivity contribution >= 4 is 0 Å². The van der Waals surface area contributed by atoms with Crippen molar-refractivity contribution in [1.29, 1.82) is 0 Å². The lowest BCUT2D eigenvalue weighted by Crippen LogP contribution is -2.39. The molecule has 0 bridgehead atoms. The Hall–Kier alpha value is -0.970. The molecule has 0 spiro atoms. The number of hydrogen-bond donors (Lipinski definition) is 1. The van der Waals surface area contributed by atoms with Gasteiger partial charge in [0.05, 0.1) is 5.69 Å². The van der Waals surface area contributed by atoms with Crippen molar-refractivity contribution in [3.63, 3.8) is 0 Å². The summed E-state index contributed by atoms with van der Waals surface area (Å²) >= 11 is 0. The Morgan fingerprint density at radius 2 is 2.16 bits per heavy atom. The van der Waals surface area contributed by atoms with Crippen LogP contribution in [0.1, 0.15) is 24.2 Å². The van der Waals surface area contributed by atoms with Crippen LogP contribution in [0.4, 0.5) is 0 Å². The van der Waals surface area contributed by atoms with Gasteiger partial charge in [0.15, 0.2) is 0 Å². The van der Waals surface area contributed by atoms with Crippen LogP contribution < -0.4 is 5.32 Å². The van der Waals surface area contributed by atoms with E-state index in [1.807, 2.05) is 13.0 Å². The Labute approximate surface area is 116 Å². The molecule has 0 atom stereocenters. The maximum Gasteiger partial charge on any atom is 0.0547 e. The SMILES string of the molecule is Cc1cccc(CN(C)CCNC2CCOCC2)n1. The molecule has 1 fully saturated rings. The quantitative estimate of drug-likeness (QED) is 0.846. The second kappa shape index (κ2) is 7.58. The van der Waals surface area contributed by atoms with Crippen LogP contribution in [0.25, 0.3) is 0 Å².